The van der Waals surface area contributed by atoms with Crippen molar-refractivity contribution in [3.63, 3.8) is 0 Å². The van der Waals surface area contributed by atoms with Gasteiger partial charge in [-0.1, -0.05) is 36.4 Å². The summed E-state index contributed by atoms with van der Waals surface area (Å²) in [5.74, 6) is 2.55. The Labute approximate surface area is 157 Å². The molecule has 1 aromatic heterocycles. The average molecular weight is 366 g/mol. The monoisotopic (exact) mass is 366 g/mol. The maximum Gasteiger partial charge on any atom is 0.191 e. The first-order valence-corrected chi connectivity index (χ1v) is 9.42. The Balaban J connectivity index is 1.47. The average Bonchev–Trinajstić information content (AvgIpc) is 3.17. The molecular formula is C19H22N6S. The Hall–Kier alpha value is -2.80. The number of aliphatic imine (C=N–C) groups is 1. The molecule has 0 aliphatic carbocycles. The van der Waals surface area contributed by atoms with Crippen molar-refractivity contribution in [3.8, 4) is 5.69 Å². The van der Waals surface area contributed by atoms with E-state index in [9.17, 15) is 0 Å². The summed E-state index contributed by atoms with van der Waals surface area (Å²) in [6, 6.07) is 20.4. The van der Waals surface area contributed by atoms with E-state index in [4.69, 9.17) is 0 Å². The number of para-hydroxylation sites is 1. The highest BCUT2D eigenvalue weighted by Gasteiger charge is 2.07. The van der Waals surface area contributed by atoms with Crippen molar-refractivity contribution < 1.29 is 0 Å². The number of aromatic nitrogens is 3. The normalized spacial score (nSPS) is 11.3. The molecule has 0 bridgehead atoms. The highest BCUT2D eigenvalue weighted by atomic mass is 32.2. The molecule has 7 heteroatoms. The second-order valence-corrected chi connectivity index (χ2v) is 6.64. The van der Waals surface area contributed by atoms with Crippen LogP contribution in [0.3, 0.4) is 0 Å². The zero-order valence-corrected chi connectivity index (χ0v) is 15.5. The molecule has 0 aliphatic rings. The van der Waals surface area contributed by atoms with E-state index in [0.717, 1.165) is 29.8 Å². The summed E-state index contributed by atoms with van der Waals surface area (Å²) in [6.07, 6.45) is 1.72. The van der Waals surface area contributed by atoms with Crippen molar-refractivity contribution in [3.05, 3.63) is 72.8 Å². The largest absolute Gasteiger partial charge is 0.356 e. The third-order valence-corrected chi connectivity index (χ3v) is 4.71. The second-order valence-electron chi connectivity index (χ2n) is 5.47. The first-order chi connectivity index (χ1) is 12.9. The Morgan fingerprint density at radius 3 is 2.50 bits per heavy atom. The van der Waals surface area contributed by atoms with E-state index in [-0.39, 0.29) is 0 Å². The van der Waals surface area contributed by atoms with Gasteiger partial charge in [0.25, 0.3) is 0 Å². The molecule has 0 aliphatic heterocycles. The standard InChI is InChI=1S/C19H22N6S/c1-20-19(21-12-13-26-17-10-6-3-7-11-17)22-14-18-24-23-15-25(18)16-8-4-2-5-9-16/h2-11,15H,12-14H2,1H3,(H2,20,21,22). The molecule has 2 N–H and O–H groups in total. The van der Waals surface area contributed by atoms with Gasteiger partial charge < -0.3 is 10.6 Å². The van der Waals surface area contributed by atoms with Crippen LogP contribution < -0.4 is 10.6 Å². The van der Waals surface area contributed by atoms with Crippen molar-refractivity contribution in [2.24, 2.45) is 4.99 Å². The summed E-state index contributed by atoms with van der Waals surface area (Å²) in [7, 11) is 1.77. The molecule has 6 nitrogen and oxygen atoms in total. The van der Waals surface area contributed by atoms with Crippen LogP contribution in [0.15, 0.2) is 76.9 Å². The van der Waals surface area contributed by atoms with Crippen LogP contribution in [0.1, 0.15) is 5.82 Å². The fraction of sp³-hybridized carbons (Fsp3) is 0.211. The van der Waals surface area contributed by atoms with Crippen molar-refractivity contribution in [2.75, 3.05) is 19.3 Å². The van der Waals surface area contributed by atoms with Crippen LogP contribution in [0.4, 0.5) is 0 Å². The van der Waals surface area contributed by atoms with Gasteiger partial charge in [0.1, 0.15) is 6.33 Å². The van der Waals surface area contributed by atoms with Gasteiger partial charge in [0.2, 0.25) is 0 Å². The molecule has 0 unspecified atom stereocenters. The van der Waals surface area contributed by atoms with Gasteiger partial charge in [-0.25, -0.2) is 0 Å². The summed E-state index contributed by atoms with van der Waals surface area (Å²) < 4.78 is 1.96. The van der Waals surface area contributed by atoms with E-state index in [0.29, 0.717) is 6.54 Å². The second kappa shape index (κ2) is 9.62. The summed E-state index contributed by atoms with van der Waals surface area (Å²) in [5.41, 5.74) is 1.04. The van der Waals surface area contributed by atoms with Gasteiger partial charge in [0, 0.05) is 29.9 Å². The number of hydrogen-bond donors (Lipinski definition) is 2. The Kier molecular flexibility index (Phi) is 6.66. The predicted molar refractivity (Wildman–Crippen MR) is 107 cm³/mol. The van der Waals surface area contributed by atoms with E-state index >= 15 is 0 Å². The molecular weight excluding hydrogens is 344 g/mol. The molecule has 0 atom stereocenters. The SMILES string of the molecule is CN=C(NCCSc1ccccc1)NCc1nncn1-c1ccccc1. The molecule has 0 radical (unpaired) electrons. The quantitative estimate of drug-likeness (QED) is 0.291. The highest BCUT2D eigenvalue weighted by molar-refractivity contribution is 7.99. The van der Waals surface area contributed by atoms with Gasteiger partial charge in [-0.3, -0.25) is 9.56 Å². The fourth-order valence-electron chi connectivity index (χ4n) is 2.42. The van der Waals surface area contributed by atoms with Crippen molar-refractivity contribution in [1.29, 1.82) is 0 Å². The van der Waals surface area contributed by atoms with Crippen molar-refractivity contribution >= 4 is 17.7 Å². The molecule has 0 spiro atoms. The smallest absolute Gasteiger partial charge is 0.191 e. The molecule has 26 heavy (non-hydrogen) atoms. The lowest BCUT2D eigenvalue weighted by atomic mass is 10.3. The van der Waals surface area contributed by atoms with Gasteiger partial charge in [-0.15, -0.1) is 22.0 Å². The lowest BCUT2D eigenvalue weighted by Gasteiger charge is -2.12. The minimum absolute atomic E-state index is 0.542. The molecule has 0 amide bonds. The van der Waals surface area contributed by atoms with Gasteiger partial charge in [-0.05, 0) is 24.3 Å². The molecule has 0 fully saturated rings. The Bertz CT molecular complexity index is 816. The number of rotatable bonds is 7. The summed E-state index contributed by atoms with van der Waals surface area (Å²) >= 11 is 1.82. The minimum Gasteiger partial charge on any atom is -0.356 e. The molecule has 1 heterocycles. The van der Waals surface area contributed by atoms with Crippen LogP contribution in [0.5, 0.6) is 0 Å². The molecule has 2 aromatic carbocycles. The number of nitrogens with zero attached hydrogens (tertiary/aromatic N) is 4. The summed E-state index contributed by atoms with van der Waals surface area (Å²) in [5, 5.41) is 14.8. The third kappa shape index (κ3) is 5.10. The Morgan fingerprint density at radius 1 is 1.04 bits per heavy atom. The number of thioether (sulfide) groups is 1. The van der Waals surface area contributed by atoms with Crippen LogP contribution in [0, 0.1) is 0 Å². The lowest BCUT2D eigenvalue weighted by molar-refractivity contribution is 0.763. The maximum atomic E-state index is 4.26. The van der Waals surface area contributed by atoms with Crippen LogP contribution in [0.25, 0.3) is 5.69 Å². The zero-order chi connectivity index (χ0) is 18.0. The van der Waals surface area contributed by atoms with Crippen LogP contribution in [-0.2, 0) is 6.54 Å². The summed E-state index contributed by atoms with van der Waals surface area (Å²) in [4.78, 5) is 5.53. The highest BCUT2D eigenvalue weighted by Crippen LogP contribution is 2.15. The van der Waals surface area contributed by atoms with E-state index in [1.165, 1.54) is 4.90 Å². The van der Waals surface area contributed by atoms with Crippen LogP contribution in [0.2, 0.25) is 0 Å². The van der Waals surface area contributed by atoms with Crippen molar-refractivity contribution in [2.45, 2.75) is 11.4 Å². The maximum absolute atomic E-state index is 4.26. The van der Waals surface area contributed by atoms with Crippen molar-refractivity contribution in [1.82, 2.24) is 25.4 Å². The number of hydrogen-bond acceptors (Lipinski definition) is 4. The minimum atomic E-state index is 0.542. The van der Waals surface area contributed by atoms with Gasteiger partial charge in [-0.2, -0.15) is 0 Å². The lowest BCUT2D eigenvalue weighted by Crippen LogP contribution is -2.38. The van der Waals surface area contributed by atoms with Crippen LogP contribution in [-0.4, -0.2) is 40.1 Å². The zero-order valence-electron chi connectivity index (χ0n) is 14.7. The fourth-order valence-corrected chi connectivity index (χ4v) is 3.21. The first kappa shape index (κ1) is 18.0. The topological polar surface area (TPSA) is 67.1 Å². The number of benzene rings is 2. The first-order valence-electron chi connectivity index (χ1n) is 8.43. The van der Waals surface area contributed by atoms with Gasteiger partial charge in [0.15, 0.2) is 11.8 Å². The van der Waals surface area contributed by atoms with E-state index < -0.39 is 0 Å². The van der Waals surface area contributed by atoms with Crippen LogP contribution >= 0.6 is 11.8 Å². The van der Waals surface area contributed by atoms with Gasteiger partial charge >= 0.3 is 0 Å². The predicted octanol–water partition coefficient (Wildman–Crippen LogP) is 2.72. The summed E-state index contributed by atoms with van der Waals surface area (Å²) in [6.45, 7) is 1.37. The third-order valence-electron chi connectivity index (χ3n) is 3.70. The van der Waals surface area contributed by atoms with E-state index in [1.54, 1.807) is 13.4 Å². The molecule has 3 rings (SSSR count). The molecule has 0 saturated carbocycles. The number of guanidine groups is 1. The molecule has 0 saturated heterocycles. The molecule has 3 aromatic rings. The Morgan fingerprint density at radius 2 is 1.77 bits per heavy atom. The van der Waals surface area contributed by atoms with E-state index in [2.05, 4.69) is 50.1 Å². The number of nitrogens with one attached hydrogen (secondary N) is 2. The molecule has 134 valence electrons. The van der Waals surface area contributed by atoms with E-state index in [1.807, 2.05) is 52.7 Å². The van der Waals surface area contributed by atoms with Gasteiger partial charge in [0.05, 0.1) is 6.54 Å².